The van der Waals surface area contributed by atoms with Gasteiger partial charge in [-0.15, -0.1) is 11.3 Å². The van der Waals surface area contributed by atoms with E-state index in [-0.39, 0.29) is 0 Å². The first-order valence-electron chi connectivity index (χ1n) is 18.9. The number of para-hydroxylation sites is 2. The Kier molecular flexibility index (Phi) is 7.03. The van der Waals surface area contributed by atoms with Crippen molar-refractivity contribution in [2.75, 3.05) is 0 Å². The van der Waals surface area contributed by atoms with Gasteiger partial charge in [-0.1, -0.05) is 140 Å². The summed E-state index contributed by atoms with van der Waals surface area (Å²) in [5, 5.41) is 6.60. The molecule has 0 atom stereocenters. The molecule has 0 unspecified atom stereocenters. The highest BCUT2D eigenvalue weighted by Gasteiger charge is 2.23. The molecule has 0 aliphatic carbocycles. The number of nitrogens with zero attached hydrogens (tertiary/aromatic N) is 3. The maximum Gasteiger partial charge on any atom is 0.164 e. The molecule has 0 spiro atoms. The van der Waals surface area contributed by atoms with Gasteiger partial charge in [-0.2, -0.15) is 0 Å². The van der Waals surface area contributed by atoms with Crippen LogP contribution < -0.4 is 0 Å². The van der Waals surface area contributed by atoms with E-state index in [4.69, 9.17) is 23.8 Å². The zero-order valence-corrected chi connectivity index (χ0v) is 31.1. The Balaban J connectivity index is 1.12. The maximum absolute atomic E-state index is 6.90. The van der Waals surface area contributed by atoms with Crippen LogP contribution in [0.1, 0.15) is 0 Å². The van der Waals surface area contributed by atoms with Crippen LogP contribution in [0.15, 0.2) is 185 Å². The summed E-state index contributed by atoms with van der Waals surface area (Å²) < 4.78 is 16.2. The minimum Gasteiger partial charge on any atom is -0.455 e. The summed E-state index contributed by atoms with van der Waals surface area (Å²) in [6.45, 7) is 0. The highest BCUT2D eigenvalue weighted by molar-refractivity contribution is 7.25. The van der Waals surface area contributed by atoms with Crippen LogP contribution in [0.3, 0.4) is 0 Å². The first kappa shape index (κ1) is 31.9. The second-order valence-electron chi connectivity index (χ2n) is 14.3. The lowest BCUT2D eigenvalue weighted by Gasteiger charge is -2.10. The van der Waals surface area contributed by atoms with Gasteiger partial charge in [-0.05, 0) is 47.5 Å². The quantitative estimate of drug-likeness (QED) is 0.175. The minimum atomic E-state index is 0.583. The van der Waals surface area contributed by atoms with E-state index in [1.165, 1.54) is 25.7 Å². The van der Waals surface area contributed by atoms with Crippen LogP contribution >= 0.6 is 11.3 Å². The number of hydrogen-bond acceptors (Lipinski definition) is 6. The molecule has 0 aliphatic rings. The van der Waals surface area contributed by atoms with Crippen LogP contribution in [-0.4, -0.2) is 15.0 Å². The number of hydrogen-bond donors (Lipinski definition) is 0. The van der Waals surface area contributed by atoms with Gasteiger partial charge in [0.2, 0.25) is 0 Å². The number of benzene rings is 8. The van der Waals surface area contributed by atoms with E-state index in [0.29, 0.717) is 17.5 Å². The Morgan fingerprint density at radius 2 is 0.895 bits per heavy atom. The Bertz CT molecular complexity index is 3470. The molecule has 6 heteroatoms. The molecule has 57 heavy (non-hydrogen) atoms. The van der Waals surface area contributed by atoms with Crippen molar-refractivity contribution in [3.05, 3.63) is 176 Å². The van der Waals surface area contributed by atoms with Gasteiger partial charge in [0.05, 0.1) is 0 Å². The predicted molar refractivity (Wildman–Crippen MR) is 234 cm³/mol. The molecule has 0 aliphatic heterocycles. The van der Waals surface area contributed by atoms with Crippen LogP contribution in [-0.2, 0) is 0 Å². The first-order chi connectivity index (χ1) is 28.2. The SMILES string of the molecule is c1ccc(-c2nc(-c3ccccc3)nc(-c3cccc4oc5c(-c6cc(-c7cccc8sc9ccccc9c78)cc7c6oc6ccccc67)cccc5c34)n2)cc1. The number of rotatable bonds is 5. The molecule has 0 radical (unpaired) electrons. The largest absolute Gasteiger partial charge is 0.455 e. The van der Waals surface area contributed by atoms with Crippen LogP contribution in [0.2, 0.25) is 0 Å². The van der Waals surface area contributed by atoms with E-state index in [1.807, 2.05) is 96.3 Å². The van der Waals surface area contributed by atoms with E-state index >= 15 is 0 Å². The van der Waals surface area contributed by atoms with Gasteiger partial charge in [-0.3, -0.25) is 0 Å². The molecule has 12 rings (SSSR count). The van der Waals surface area contributed by atoms with E-state index < -0.39 is 0 Å². The number of furan rings is 2. The fourth-order valence-corrected chi connectivity index (χ4v) is 9.51. The molecule has 8 aromatic carbocycles. The van der Waals surface area contributed by atoms with Crippen molar-refractivity contribution in [1.82, 2.24) is 15.0 Å². The van der Waals surface area contributed by atoms with E-state index in [9.17, 15) is 0 Å². The Labute approximate surface area is 330 Å². The van der Waals surface area contributed by atoms with Crippen molar-refractivity contribution in [3.63, 3.8) is 0 Å². The van der Waals surface area contributed by atoms with Crippen LogP contribution in [0.5, 0.6) is 0 Å². The van der Waals surface area contributed by atoms with Crippen molar-refractivity contribution in [1.29, 1.82) is 0 Å². The molecule has 0 fully saturated rings. The molecular formula is C51H29N3O2S. The number of thiophene rings is 1. The van der Waals surface area contributed by atoms with E-state index in [0.717, 1.165) is 77.3 Å². The van der Waals surface area contributed by atoms with Gasteiger partial charge in [0.25, 0.3) is 0 Å². The minimum absolute atomic E-state index is 0.583. The molecule has 0 bridgehead atoms. The fraction of sp³-hybridized carbons (Fsp3) is 0. The van der Waals surface area contributed by atoms with Crippen molar-refractivity contribution in [2.24, 2.45) is 0 Å². The summed E-state index contributed by atoms with van der Waals surface area (Å²) in [5.41, 5.74) is 10.2. The lowest BCUT2D eigenvalue weighted by atomic mass is 9.92. The zero-order valence-electron chi connectivity index (χ0n) is 30.3. The molecular weight excluding hydrogens is 719 g/mol. The second kappa shape index (κ2) is 12.6. The van der Waals surface area contributed by atoms with Crippen LogP contribution in [0, 0.1) is 0 Å². The summed E-state index contributed by atoms with van der Waals surface area (Å²) in [4.78, 5) is 15.1. The Morgan fingerprint density at radius 1 is 0.333 bits per heavy atom. The topological polar surface area (TPSA) is 65.0 Å². The van der Waals surface area contributed by atoms with Gasteiger partial charge in [0.1, 0.15) is 22.3 Å². The summed E-state index contributed by atoms with van der Waals surface area (Å²) in [5.74, 6) is 1.81. The second-order valence-corrected chi connectivity index (χ2v) is 15.4. The monoisotopic (exact) mass is 747 g/mol. The first-order valence-corrected chi connectivity index (χ1v) is 19.7. The predicted octanol–water partition coefficient (Wildman–Crippen LogP) is 14.4. The molecule has 0 saturated carbocycles. The molecule has 4 heterocycles. The lowest BCUT2D eigenvalue weighted by Crippen LogP contribution is -2.00. The third kappa shape index (κ3) is 5.04. The number of aromatic nitrogens is 3. The molecule has 0 amide bonds. The lowest BCUT2D eigenvalue weighted by molar-refractivity contribution is 0.665. The molecule has 5 nitrogen and oxygen atoms in total. The third-order valence-corrected chi connectivity index (χ3v) is 12.1. The van der Waals surface area contributed by atoms with Crippen molar-refractivity contribution < 1.29 is 8.83 Å². The van der Waals surface area contributed by atoms with Crippen molar-refractivity contribution in [3.8, 4) is 56.4 Å². The van der Waals surface area contributed by atoms with E-state index in [1.54, 1.807) is 0 Å². The average molecular weight is 748 g/mol. The molecule has 4 aromatic heterocycles. The van der Waals surface area contributed by atoms with Crippen molar-refractivity contribution in [2.45, 2.75) is 0 Å². The zero-order chi connectivity index (χ0) is 37.5. The average Bonchev–Trinajstić information content (AvgIpc) is 3.98. The van der Waals surface area contributed by atoms with Crippen LogP contribution in [0.25, 0.3) is 120 Å². The van der Waals surface area contributed by atoms with Crippen molar-refractivity contribution >= 4 is 75.4 Å². The van der Waals surface area contributed by atoms with Gasteiger partial charge in [-0.25, -0.2) is 15.0 Å². The van der Waals surface area contributed by atoms with Gasteiger partial charge in [0.15, 0.2) is 17.5 Å². The maximum atomic E-state index is 6.90. The smallest absolute Gasteiger partial charge is 0.164 e. The third-order valence-electron chi connectivity index (χ3n) is 10.9. The standard InChI is InChI=1S/C51H29N3O2S/c1-3-14-30(15-4-1)49-52-50(31-16-5-2-6-17-31)54-51(53-49)38-23-12-25-42-45(38)37-22-11-21-35(47(37)56-42)40-29-32(28-39-34-18-7-9-24-41(34)55-48(39)40)33-20-13-27-44-46(33)36-19-8-10-26-43(36)57-44/h1-29H. The molecule has 266 valence electrons. The van der Waals surface area contributed by atoms with Gasteiger partial charge < -0.3 is 8.83 Å². The Hall–Kier alpha value is -7.41. The molecule has 12 aromatic rings. The summed E-state index contributed by atoms with van der Waals surface area (Å²) >= 11 is 1.83. The Morgan fingerprint density at radius 3 is 1.70 bits per heavy atom. The van der Waals surface area contributed by atoms with Crippen LogP contribution in [0.4, 0.5) is 0 Å². The summed E-state index contributed by atoms with van der Waals surface area (Å²) in [6.07, 6.45) is 0. The number of fused-ring (bicyclic) bond motifs is 9. The van der Waals surface area contributed by atoms with Gasteiger partial charge >= 0.3 is 0 Å². The summed E-state index contributed by atoms with van der Waals surface area (Å²) in [7, 11) is 0. The normalized spacial score (nSPS) is 11.9. The molecule has 0 N–H and O–H groups in total. The van der Waals surface area contributed by atoms with E-state index in [2.05, 4.69) is 91.0 Å². The highest BCUT2D eigenvalue weighted by Crippen LogP contribution is 2.47. The highest BCUT2D eigenvalue weighted by atomic mass is 32.1. The van der Waals surface area contributed by atoms with Gasteiger partial charge in [0, 0.05) is 69.5 Å². The fourth-order valence-electron chi connectivity index (χ4n) is 8.37. The summed E-state index contributed by atoms with van der Waals surface area (Å²) in [6, 6.07) is 60.8. The molecule has 0 saturated heterocycles.